The largest absolute Gasteiger partial charge is 0.493 e. The minimum Gasteiger partial charge on any atom is -0.493 e. The van der Waals surface area contributed by atoms with Gasteiger partial charge in [0.2, 0.25) is 0 Å². The molecule has 0 aliphatic carbocycles. The fourth-order valence-corrected chi connectivity index (χ4v) is 2.98. The van der Waals surface area contributed by atoms with Gasteiger partial charge in [-0.2, -0.15) is 5.10 Å². The number of nitrogens with one attached hydrogen (secondary N) is 1. The summed E-state index contributed by atoms with van der Waals surface area (Å²) in [6, 6.07) is 7.08. The molecule has 0 aromatic heterocycles. The van der Waals surface area contributed by atoms with E-state index >= 15 is 0 Å². The Morgan fingerprint density at radius 1 is 1.19 bits per heavy atom. The van der Waals surface area contributed by atoms with Crippen molar-refractivity contribution >= 4 is 39.7 Å². The predicted molar refractivity (Wildman–Crippen MR) is 109 cm³/mol. The van der Waals surface area contributed by atoms with Crippen molar-refractivity contribution in [2.45, 2.75) is 13.8 Å². The number of carbonyl (C=O) groups is 1. The number of carbonyl (C=O) groups excluding carboxylic acids is 1. The van der Waals surface area contributed by atoms with Gasteiger partial charge in [0.25, 0.3) is 5.91 Å². The number of rotatable bonds is 7. The molecule has 0 bridgehead atoms. The molecule has 2 aromatic carbocycles. The molecule has 0 saturated carbocycles. The summed E-state index contributed by atoms with van der Waals surface area (Å²) in [4.78, 5) is 11.9. The van der Waals surface area contributed by atoms with Crippen LogP contribution in [0, 0.1) is 13.8 Å². The van der Waals surface area contributed by atoms with Gasteiger partial charge >= 0.3 is 0 Å². The second-order valence-corrected chi connectivity index (χ2v) is 6.81. The molecule has 8 heteroatoms. The lowest BCUT2D eigenvalue weighted by molar-refractivity contribution is -0.123. The van der Waals surface area contributed by atoms with Crippen molar-refractivity contribution < 1.29 is 19.0 Å². The van der Waals surface area contributed by atoms with E-state index in [1.165, 1.54) is 6.21 Å². The molecule has 0 fully saturated rings. The minimum atomic E-state index is -0.385. The predicted octanol–water partition coefficient (Wildman–Crippen LogP) is 4.27. The van der Waals surface area contributed by atoms with Gasteiger partial charge in [0.15, 0.2) is 18.1 Å². The molecular weight excluding hydrogens is 436 g/mol. The van der Waals surface area contributed by atoms with Gasteiger partial charge in [-0.05, 0) is 70.7 Å². The maximum absolute atomic E-state index is 11.9. The Kier molecular flexibility index (Phi) is 7.50. The fraction of sp³-hybridized carbons (Fsp3) is 0.263. The highest BCUT2D eigenvalue weighted by Crippen LogP contribution is 2.35. The van der Waals surface area contributed by atoms with Crippen molar-refractivity contribution in [3.63, 3.8) is 0 Å². The van der Waals surface area contributed by atoms with E-state index in [1.54, 1.807) is 38.5 Å². The number of benzene rings is 2. The molecule has 0 aliphatic rings. The van der Waals surface area contributed by atoms with Crippen LogP contribution in [-0.4, -0.2) is 32.9 Å². The summed E-state index contributed by atoms with van der Waals surface area (Å²) < 4.78 is 16.7. The average Bonchev–Trinajstić information content (AvgIpc) is 2.67. The second kappa shape index (κ2) is 9.62. The molecule has 2 aromatic rings. The Labute approximate surface area is 171 Å². The first-order valence-electron chi connectivity index (χ1n) is 7.99. The monoisotopic (exact) mass is 454 g/mol. The maximum Gasteiger partial charge on any atom is 0.277 e. The quantitative estimate of drug-likeness (QED) is 0.500. The summed E-state index contributed by atoms with van der Waals surface area (Å²) in [5.41, 5.74) is 4.90. The third kappa shape index (κ3) is 5.37. The molecule has 1 amide bonds. The van der Waals surface area contributed by atoms with E-state index in [4.69, 9.17) is 25.8 Å². The van der Waals surface area contributed by atoms with Crippen LogP contribution >= 0.6 is 27.5 Å². The normalized spacial score (nSPS) is 10.7. The van der Waals surface area contributed by atoms with Crippen LogP contribution in [0.5, 0.6) is 17.2 Å². The Morgan fingerprint density at radius 3 is 2.56 bits per heavy atom. The van der Waals surface area contributed by atoms with Crippen LogP contribution in [0.3, 0.4) is 0 Å². The molecule has 27 heavy (non-hydrogen) atoms. The topological polar surface area (TPSA) is 69.2 Å². The number of aryl methyl sites for hydroxylation is 1. The van der Waals surface area contributed by atoms with Crippen molar-refractivity contribution in [1.82, 2.24) is 5.43 Å². The molecule has 6 nitrogen and oxygen atoms in total. The summed E-state index contributed by atoms with van der Waals surface area (Å²) in [5, 5.41) is 4.59. The number of amides is 1. The van der Waals surface area contributed by atoms with Gasteiger partial charge in [0.05, 0.1) is 24.9 Å². The molecule has 0 atom stereocenters. The summed E-state index contributed by atoms with van der Waals surface area (Å²) in [6.07, 6.45) is 1.51. The lowest BCUT2D eigenvalue weighted by Gasteiger charge is -2.12. The van der Waals surface area contributed by atoms with E-state index in [-0.39, 0.29) is 12.5 Å². The van der Waals surface area contributed by atoms with E-state index in [2.05, 4.69) is 26.5 Å². The number of hydrogen-bond acceptors (Lipinski definition) is 5. The molecule has 0 radical (unpaired) electrons. The van der Waals surface area contributed by atoms with E-state index in [0.29, 0.717) is 22.3 Å². The molecular formula is C19H20BrClN2O4. The number of nitrogens with zero attached hydrogens (tertiary/aromatic N) is 1. The van der Waals surface area contributed by atoms with Crippen LogP contribution in [0.2, 0.25) is 5.02 Å². The van der Waals surface area contributed by atoms with Crippen LogP contribution in [0.4, 0.5) is 0 Å². The van der Waals surface area contributed by atoms with Gasteiger partial charge in [-0.3, -0.25) is 4.79 Å². The lowest BCUT2D eigenvalue weighted by atomic mass is 10.1. The molecule has 0 heterocycles. The summed E-state index contributed by atoms with van der Waals surface area (Å²) in [7, 11) is 3.12. The highest BCUT2D eigenvalue weighted by molar-refractivity contribution is 9.10. The third-order valence-electron chi connectivity index (χ3n) is 3.74. The lowest BCUT2D eigenvalue weighted by Crippen LogP contribution is -2.24. The average molecular weight is 456 g/mol. The smallest absolute Gasteiger partial charge is 0.277 e. The number of halogens is 2. The maximum atomic E-state index is 11.9. The van der Waals surface area contributed by atoms with E-state index in [9.17, 15) is 4.79 Å². The summed E-state index contributed by atoms with van der Waals surface area (Å²) >= 11 is 9.62. The molecule has 2 rings (SSSR count). The Bertz CT molecular complexity index is 871. The third-order valence-corrected chi connectivity index (χ3v) is 5.30. The zero-order chi connectivity index (χ0) is 20.0. The Hall–Kier alpha value is -2.25. The van der Waals surface area contributed by atoms with Crippen LogP contribution in [0.25, 0.3) is 0 Å². The first-order valence-corrected chi connectivity index (χ1v) is 9.16. The van der Waals surface area contributed by atoms with Crippen LogP contribution in [-0.2, 0) is 4.79 Å². The van der Waals surface area contributed by atoms with Gasteiger partial charge in [-0.1, -0.05) is 11.6 Å². The Balaban J connectivity index is 1.94. The van der Waals surface area contributed by atoms with E-state index in [1.807, 2.05) is 13.8 Å². The highest BCUT2D eigenvalue weighted by atomic mass is 79.9. The van der Waals surface area contributed by atoms with Gasteiger partial charge in [0.1, 0.15) is 5.75 Å². The van der Waals surface area contributed by atoms with Crippen molar-refractivity contribution in [2.75, 3.05) is 20.8 Å². The van der Waals surface area contributed by atoms with Gasteiger partial charge in [0, 0.05) is 5.02 Å². The molecule has 1 N–H and O–H groups in total. The Morgan fingerprint density at radius 2 is 1.89 bits per heavy atom. The highest BCUT2D eigenvalue weighted by Gasteiger charge is 2.12. The first kappa shape index (κ1) is 21.1. The standard InChI is InChI=1S/C19H20BrClN2O4/c1-11-7-16(18(20)12(2)19(11)21)27-10-17(24)23-22-9-13-5-6-14(25-3)15(8-13)26-4/h5-9H,10H2,1-4H3,(H,23,24)/b22-9+. The van der Waals surface area contributed by atoms with Gasteiger partial charge in [-0.25, -0.2) is 5.43 Å². The van der Waals surface area contributed by atoms with E-state index in [0.717, 1.165) is 21.2 Å². The van der Waals surface area contributed by atoms with Crippen molar-refractivity contribution in [1.29, 1.82) is 0 Å². The van der Waals surface area contributed by atoms with Crippen LogP contribution in [0.1, 0.15) is 16.7 Å². The van der Waals surface area contributed by atoms with Crippen molar-refractivity contribution in [3.05, 3.63) is 50.5 Å². The van der Waals surface area contributed by atoms with E-state index < -0.39 is 0 Å². The van der Waals surface area contributed by atoms with Crippen molar-refractivity contribution in [2.24, 2.45) is 5.10 Å². The van der Waals surface area contributed by atoms with Gasteiger partial charge < -0.3 is 14.2 Å². The van der Waals surface area contributed by atoms with Gasteiger partial charge in [-0.15, -0.1) is 0 Å². The van der Waals surface area contributed by atoms with Crippen LogP contribution < -0.4 is 19.6 Å². The number of hydrazone groups is 1. The molecule has 0 saturated heterocycles. The molecule has 0 spiro atoms. The zero-order valence-corrected chi connectivity index (χ0v) is 17.8. The number of hydrogen-bond donors (Lipinski definition) is 1. The minimum absolute atomic E-state index is 0.178. The SMILES string of the molecule is COc1ccc(/C=N/NC(=O)COc2cc(C)c(Cl)c(C)c2Br)cc1OC. The van der Waals surface area contributed by atoms with Crippen LogP contribution in [0.15, 0.2) is 33.8 Å². The molecule has 0 unspecified atom stereocenters. The summed E-state index contributed by atoms with van der Waals surface area (Å²) in [6.45, 7) is 3.57. The second-order valence-electron chi connectivity index (χ2n) is 5.64. The number of ether oxygens (including phenoxy) is 3. The fourth-order valence-electron chi connectivity index (χ4n) is 2.29. The number of methoxy groups -OCH3 is 2. The summed E-state index contributed by atoms with van der Waals surface area (Å²) in [5.74, 6) is 1.36. The van der Waals surface area contributed by atoms with Crippen molar-refractivity contribution in [3.8, 4) is 17.2 Å². The molecule has 0 aliphatic heterocycles. The zero-order valence-electron chi connectivity index (χ0n) is 15.4. The first-order chi connectivity index (χ1) is 12.9. The molecule has 144 valence electrons.